The number of hydrogen-bond donors (Lipinski definition) is 1. The van der Waals surface area contributed by atoms with E-state index in [1.807, 2.05) is 18.2 Å². The minimum Gasteiger partial charge on any atom is -0.357 e. The summed E-state index contributed by atoms with van der Waals surface area (Å²) in [6.07, 6.45) is -0.971. The molecular weight excluding hydrogens is 243 g/mol. The average Bonchev–Trinajstić information content (AvgIpc) is 2.37. The van der Waals surface area contributed by atoms with Crippen LogP contribution < -0.4 is 10.2 Å². The zero-order valence-corrected chi connectivity index (χ0v) is 9.95. The minimum atomic E-state index is -4.13. The van der Waals surface area contributed by atoms with Crippen LogP contribution in [0.25, 0.3) is 0 Å². The van der Waals surface area contributed by atoms with Gasteiger partial charge in [0.05, 0.1) is 6.54 Å². The van der Waals surface area contributed by atoms with Crippen molar-refractivity contribution < 1.29 is 13.2 Å². The Hall–Kier alpha value is -1.30. The second kappa shape index (κ2) is 5.56. The Bertz CT molecular complexity index is 359. The summed E-state index contributed by atoms with van der Waals surface area (Å²) in [5.41, 5.74) is 0. The SMILES string of the molecule is FC(F)(F)CNC1CCN(c2ccccn2)CC1. The van der Waals surface area contributed by atoms with Gasteiger partial charge in [0.2, 0.25) is 0 Å². The van der Waals surface area contributed by atoms with Gasteiger partial charge in [0.15, 0.2) is 0 Å². The highest BCUT2D eigenvalue weighted by molar-refractivity contribution is 5.38. The molecule has 2 rings (SSSR count). The molecule has 0 bridgehead atoms. The molecule has 1 saturated heterocycles. The van der Waals surface area contributed by atoms with E-state index in [0.29, 0.717) is 12.8 Å². The molecule has 0 aliphatic carbocycles. The van der Waals surface area contributed by atoms with Crippen LogP contribution in [0.3, 0.4) is 0 Å². The van der Waals surface area contributed by atoms with E-state index in [1.54, 1.807) is 6.20 Å². The molecule has 1 aliphatic rings. The smallest absolute Gasteiger partial charge is 0.357 e. The molecule has 3 nitrogen and oxygen atoms in total. The highest BCUT2D eigenvalue weighted by atomic mass is 19.4. The summed E-state index contributed by atoms with van der Waals surface area (Å²) >= 11 is 0. The molecule has 0 radical (unpaired) electrons. The molecule has 1 fully saturated rings. The molecule has 1 N–H and O–H groups in total. The number of nitrogens with one attached hydrogen (secondary N) is 1. The van der Waals surface area contributed by atoms with E-state index < -0.39 is 12.7 Å². The molecule has 1 aromatic heterocycles. The van der Waals surface area contributed by atoms with Crippen LogP contribution >= 0.6 is 0 Å². The van der Waals surface area contributed by atoms with Crippen molar-refractivity contribution in [1.29, 1.82) is 0 Å². The summed E-state index contributed by atoms with van der Waals surface area (Å²) < 4.78 is 36.2. The average molecular weight is 259 g/mol. The Kier molecular flexibility index (Phi) is 4.06. The third-order valence-electron chi connectivity index (χ3n) is 3.06. The first kappa shape index (κ1) is 13.1. The summed E-state index contributed by atoms with van der Waals surface area (Å²) in [6.45, 7) is 0.584. The van der Waals surface area contributed by atoms with Gasteiger partial charge in [-0.15, -0.1) is 0 Å². The van der Waals surface area contributed by atoms with Gasteiger partial charge in [0.25, 0.3) is 0 Å². The fraction of sp³-hybridized carbons (Fsp3) is 0.583. The monoisotopic (exact) mass is 259 g/mol. The van der Waals surface area contributed by atoms with Gasteiger partial charge in [-0.25, -0.2) is 4.98 Å². The van der Waals surface area contributed by atoms with Crippen LogP contribution in [0.2, 0.25) is 0 Å². The number of aromatic nitrogens is 1. The Morgan fingerprint density at radius 3 is 2.56 bits per heavy atom. The van der Waals surface area contributed by atoms with Gasteiger partial charge in [-0.2, -0.15) is 13.2 Å². The van der Waals surface area contributed by atoms with Crippen LogP contribution in [0, 0.1) is 0 Å². The van der Waals surface area contributed by atoms with E-state index in [9.17, 15) is 13.2 Å². The molecule has 0 saturated carbocycles. The van der Waals surface area contributed by atoms with Crippen LogP contribution in [0.1, 0.15) is 12.8 Å². The van der Waals surface area contributed by atoms with Crippen molar-refractivity contribution in [2.24, 2.45) is 0 Å². The molecule has 1 aliphatic heterocycles. The van der Waals surface area contributed by atoms with E-state index in [-0.39, 0.29) is 6.04 Å². The van der Waals surface area contributed by atoms with Crippen LogP contribution in [0.4, 0.5) is 19.0 Å². The Morgan fingerprint density at radius 2 is 2.00 bits per heavy atom. The summed E-state index contributed by atoms with van der Waals surface area (Å²) in [5.74, 6) is 0.895. The number of piperidine rings is 1. The third-order valence-corrected chi connectivity index (χ3v) is 3.06. The van der Waals surface area contributed by atoms with Gasteiger partial charge in [-0.05, 0) is 25.0 Å². The van der Waals surface area contributed by atoms with Gasteiger partial charge < -0.3 is 10.2 Å². The predicted octanol–water partition coefficient (Wildman–Crippen LogP) is 2.20. The maximum absolute atomic E-state index is 12.1. The first-order valence-corrected chi connectivity index (χ1v) is 6.01. The lowest BCUT2D eigenvalue weighted by atomic mass is 10.1. The van der Waals surface area contributed by atoms with E-state index in [4.69, 9.17) is 0 Å². The fourth-order valence-corrected chi connectivity index (χ4v) is 2.11. The molecule has 1 aromatic rings. The molecule has 2 heterocycles. The molecule has 6 heteroatoms. The van der Waals surface area contributed by atoms with Gasteiger partial charge in [0.1, 0.15) is 5.82 Å². The second-order valence-electron chi connectivity index (χ2n) is 4.45. The van der Waals surface area contributed by atoms with Crippen LogP contribution in [-0.2, 0) is 0 Å². The molecule has 100 valence electrons. The molecule has 0 unspecified atom stereocenters. The molecule has 0 aromatic carbocycles. The van der Waals surface area contributed by atoms with E-state index >= 15 is 0 Å². The number of anilines is 1. The number of halogens is 3. The van der Waals surface area contributed by atoms with Crippen LogP contribution in [0.5, 0.6) is 0 Å². The zero-order valence-electron chi connectivity index (χ0n) is 9.95. The van der Waals surface area contributed by atoms with Crippen molar-refractivity contribution >= 4 is 5.82 Å². The highest BCUT2D eigenvalue weighted by Gasteiger charge is 2.29. The third kappa shape index (κ3) is 3.87. The number of rotatable bonds is 3. The van der Waals surface area contributed by atoms with Gasteiger partial charge >= 0.3 is 6.18 Å². The number of alkyl halides is 3. The zero-order chi connectivity index (χ0) is 13.0. The quantitative estimate of drug-likeness (QED) is 0.902. The fourth-order valence-electron chi connectivity index (χ4n) is 2.11. The van der Waals surface area contributed by atoms with E-state index in [2.05, 4.69) is 15.2 Å². The topological polar surface area (TPSA) is 28.2 Å². The van der Waals surface area contributed by atoms with Crippen molar-refractivity contribution in [3.63, 3.8) is 0 Å². The highest BCUT2D eigenvalue weighted by Crippen LogP contribution is 2.18. The summed E-state index contributed by atoms with van der Waals surface area (Å²) in [7, 11) is 0. The standard InChI is InChI=1S/C12H16F3N3/c13-12(14,15)9-17-10-4-7-18(8-5-10)11-3-1-2-6-16-11/h1-3,6,10,17H,4-5,7-9H2. The lowest BCUT2D eigenvalue weighted by molar-refractivity contribution is -0.126. The van der Waals surface area contributed by atoms with Crippen LogP contribution in [0.15, 0.2) is 24.4 Å². The van der Waals surface area contributed by atoms with Gasteiger partial charge in [-0.1, -0.05) is 6.07 Å². The Morgan fingerprint density at radius 1 is 1.28 bits per heavy atom. The summed E-state index contributed by atoms with van der Waals surface area (Å²) in [6, 6.07) is 5.63. The Labute approximate surface area is 104 Å². The molecule has 0 atom stereocenters. The first-order chi connectivity index (χ1) is 8.54. The summed E-state index contributed by atoms with van der Waals surface area (Å²) in [4.78, 5) is 6.34. The Balaban J connectivity index is 1.78. The molecule has 0 amide bonds. The van der Waals surface area contributed by atoms with Gasteiger partial charge in [0, 0.05) is 25.3 Å². The number of hydrogen-bond acceptors (Lipinski definition) is 3. The normalized spacial score (nSPS) is 18.1. The van der Waals surface area contributed by atoms with Crippen molar-refractivity contribution in [1.82, 2.24) is 10.3 Å². The lowest BCUT2D eigenvalue weighted by Gasteiger charge is -2.33. The van der Waals surface area contributed by atoms with Crippen LogP contribution in [-0.4, -0.2) is 36.8 Å². The molecular formula is C12H16F3N3. The summed E-state index contributed by atoms with van der Waals surface area (Å²) in [5, 5.41) is 2.56. The predicted molar refractivity (Wildman–Crippen MR) is 63.5 cm³/mol. The lowest BCUT2D eigenvalue weighted by Crippen LogP contribution is -2.45. The van der Waals surface area contributed by atoms with E-state index in [1.165, 1.54) is 0 Å². The first-order valence-electron chi connectivity index (χ1n) is 6.01. The van der Waals surface area contributed by atoms with Crippen molar-refractivity contribution in [2.45, 2.75) is 25.1 Å². The molecule has 0 spiro atoms. The minimum absolute atomic E-state index is 0.0495. The van der Waals surface area contributed by atoms with Gasteiger partial charge in [-0.3, -0.25) is 0 Å². The molecule has 18 heavy (non-hydrogen) atoms. The number of nitrogens with zero attached hydrogens (tertiary/aromatic N) is 2. The van der Waals surface area contributed by atoms with Crippen molar-refractivity contribution in [2.75, 3.05) is 24.5 Å². The van der Waals surface area contributed by atoms with Crippen molar-refractivity contribution in [3.8, 4) is 0 Å². The largest absolute Gasteiger partial charge is 0.401 e. The maximum atomic E-state index is 12.1. The second-order valence-corrected chi connectivity index (χ2v) is 4.45. The van der Waals surface area contributed by atoms with E-state index in [0.717, 1.165) is 18.9 Å². The number of pyridine rings is 1. The van der Waals surface area contributed by atoms with Crippen molar-refractivity contribution in [3.05, 3.63) is 24.4 Å². The maximum Gasteiger partial charge on any atom is 0.401 e.